The molecule has 4 aliphatic heterocycles. The Morgan fingerprint density at radius 2 is 1.79 bits per heavy atom. The van der Waals surface area contributed by atoms with E-state index in [2.05, 4.69) is 25.0 Å². The molecule has 4 aliphatic rings. The second-order valence-corrected chi connectivity index (χ2v) is 14.1. The molecule has 236 valence electrons. The molecule has 1 N–H and O–H groups in total. The number of hydrogen-bond donors (Lipinski definition) is 1. The second kappa shape index (κ2) is 14.3. The molecule has 10 heteroatoms. The SMILES string of the molecule is C=CCN(CCN1CCOCC1)C(=O)C1N([C@@H](CO)[C@@H](C)CC)C(=O)[C@@H]2[C@H](C(=O)N(CC=C)CCC)[C@@H]3CC(C)C12S3. The summed E-state index contributed by atoms with van der Waals surface area (Å²) in [5, 5.41) is 10.7. The van der Waals surface area contributed by atoms with Crippen LogP contribution in [0.15, 0.2) is 25.3 Å². The van der Waals surface area contributed by atoms with Crippen LogP contribution in [0.5, 0.6) is 0 Å². The summed E-state index contributed by atoms with van der Waals surface area (Å²) in [4.78, 5) is 51.4. The second-order valence-electron chi connectivity index (χ2n) is 12.5. The number of amides is 3. The Labute approximate surface area is 256 Å². The maximum Gasteiger partial charge on any atom is 0.247 e. The smallest absolute Gasteiger partial charge is 0.247 e. The molecule has 42 heavy (non-hydrogen) atoms. The number of hydrogen-bond acceptors (Lipinski definition) is 7. The predicted octanol–water partition coefficient (Wildman–Crippen LogP) is 2.50. The van der Waals surface area contributed by atoms with Gasteiger partial charge in [-0.05, 0) is 24.7 Å². The number of rotatable bonds is 15. The highest BCUT2D eigenvalue weighted by Crippen LogP contribution is 2.69. The monoisotopic (exact) mass is 604 g/mol. The quantitative estimate of drug-likeness (QED) is 0.287. The van der Waals surface area contributed by atoms with Gasteiger partial charge in [0.15, 0.2) is 0 Å². The lowest BCUT2D eigenvalue weighted by Gasteiger charge is -2.43. The van der Waals surface area contributed by atoms with Gasteiger partial charge in [0.25, 0.3) is 0 Å². The van der Waals surface area contributed by atoms with Gasteiger partial charge >= 0.3 is 0 Å². The van der Waals surface area contributed by atoms with Gasteiger partial charge in [-0.3, -0.25) is 19.3 Å². The molecular weight excluding hydrogens is 552 g/mol. The summed E-state index contributed by atoms with van der Waals surface area (Å²) < 4.78 is 4.79. The zero-order valence-corrected chi connectivity index (χ0v) is 26.9. The topological polar surface area (TPSA) is 93.6 Å². The first-order valence-corrected chi connectivity index (χ1v) is 16.8. The van der Waals surface area contributed by atoms with Gasteiger partial charge in [0.1, 0.15) is 6.04 Å². The minimum Gasteiger partial charge on any atom is -0.394 e. The van der Waals surface area contributed by atoms with Gasteiger partial charge in [0.05, 0.1) is 42.4 Å². The molecule has 3 unspecified atom stereocenters. The number of carbonyl (C=O) groups is 3. The molecule has 9 nitrogen and oxygen atoms in total. The van der Waals surface area contributed by atoms with Crippen molar-refractivity contribution in [3.05, 3.63) is 25.3 Å². The van der Waals surface area contributed by atoms with Crippen molar-refractivity contribution >= 4 is 29.5 Å². The van der Waals surface area contributed by atoms with Crippen molar-refractivity contribution in [2.75, 3.05) is 65.6 Å². The van der Waals surface area contributed by atoms with Gasteiger partial charge in [0.2, 0.25) is 17.7 Å². The number of likely N-dealkylation sites (tertiary alicyclic amines) is 1. The van der Waals surface area contributed by atoms with Crippen LogP contribution in [-0.2, 0) is 19.1 Å². The molecule has 0 aromatic heterocycles. The number of morpholine rings is 1. The van der Waals surface area contributed by atoms with Crippen LogP contribution in [0.25, 0.3) is 0 Å². The van der Waals surface area contributed by atoms with E-state index in [4.69, 9.17) is 4.74 Å². The summed E-state index contributed by atoms with van der Waals surface area (Å²) in [7, 11) is 0. The fraction of sp³-hybridized carbons (Fsp3) is 0.781. The average molecular weight is 605 g/mol. The molecular formula is C32H52N4O5S. The molecule has 2 bridgehead atoms. The lowest BCUT2D eigenvalue weighted by molar-refractivity contribution is -0.148. The first-order chi connectivity index (χ1) is 20.2. The number of aliphatic hydroxyl groups is 1. The third-order valence-corrected chi connectivity index (χ3v) is 12.2. The van der Waals surface area contributed by atoms with Crippen LogP contribution in [0.3, 0.4) is 0 Å². The van der Waals surface area contributed by atoms with Crippen LogP contribution in [0.4, 0.5) is 0 Å². The van der Waals surface area contributed by atoms with Crippen LogP contribution in [0.2, 0.25) is 0 Å². The van der Waals surface area contributed by atoms with E-state index in [0.29, 0.717) is 39.4 Å². The maximum absolute atomic E-state index is 14.8. The lowest BCUT2D eigenvalue weighted by atomic mass is 9.65. The number of carbonyl (C=O) groups excluding carboxylic acids is 3. The van der Waals surface area contributed by atoms with E-state index in [0.717, 1.165) is 38.9 Å². The van der Waals surface area contributed by atoms with Crippen molar-refractivity contribution in [1.82, 2.24) is 19.6 Å². The zero-order valence-electron chi connectivity index (χ0n) is 26.1. The van der Waals surface area contributed by atoms with E-state index in [1.54, 1.807) is 28.8 Å². The first kappa shape index (κ1) is 33.0. The van der Waals surface area contributed by atoms with Crippen LogP contribution < -0.4 is 0 Å². The van der Waals surface area contributed by atoms with E-state index in [1.807, 2.05) is 30.6 Å². The molecule has 0 aromatic carbocycles. The molecule has 0 radical (unpaired) electrons. The Morgan fingerprint density at radius 1 is 1.14 bits per heavy atom. The van der Waals surface area contributed by atoms with E-state index in [1.165, 1.54) is 0 Å². The van der Waals surface area contributed by atoms with Crippen molar-refractivity contribution < 1.29 is 24.2 Å². The van der Waals surface area contributed by atoms with Crippen molar-refractivity contribution in [2.24, 2.45) is 23.7 Å². The van der Waals surface area contributed by atoms with Crippen molar-refractivity contribution in [2.45, 2.75) is 69.0 Å². The van der Waals surface area contributed by atoms with Crippen molar-refractivity contribution in [3.63, 3.8) is 0 Å². The Bertz CT molecular complexity index is 1010. The van der Waals surface area contributed by atoms with E-state index in [-0.39, 0.29) is 41.4 Å². The maximum atomic E-state index is 14.8. The highest BCUT2D eigenvalue weighted by Gasteiger charge is 2.77. The average Bonchev–Trinajstić information content (AvgIpc) is 3.59. The molecule has 0 aliphatic carbocycles. The molecule has 4 heterocycles. The Balaban J connectivity index is 1.75. The molecule has 4 fully saturated rings. The number of fused-ring (bicyclic) bond motifs is 1. The standard InChI is InChI=1S/C32H52N4O5S/c1-7-11-34(12-8-2)29(38)26-25-20-23(6)32(42-25)27(26)30(39)36(24(21-37)22(5)10-4)28(32)31(40)35(13-9-3)15-14-33-16-18-41-19-17-33/h7,9,22-28,37H,1,3,8,10-21H2,2,4-6H3/t22-,23?,24-,25-,26+,27-,28?,32?/m0/s1. The summed E-state index contributed by atoms with van der Waals surface area (Å²) >= 11 is 1.70. The van der Waals surface area contributed by atoms with Crippen LogP contribution in [0, 0.1) is 23.7 Å². The van der Waals surface area contributed by atoms with Gasteiger partial charge in [-0.15, -0.1) is 24.9 Å². The van der Waals surface area contributed by atoms with Crippen molar-refractivity contribution in [3.8, 4) is 0 Å². The number of thioether (sulfide) groups is 1. The summed E-state index contributed by atoms with van der Waals surface area (Å²) in [6.07, 6.45) is 5.86. The van der Waals surface area contributed by atoms with Crippen LogP contribution >= 0.6 is 11.8 Å². The minimum absolute atomic E-state index is 0.00491. The van der Waals surface area contributed by atoms with Crippen molar-refractivity contribution in [1.29, 1.82) is 0 Å². The molecule has 0 aromatic rings. The van der Waals surface area contributed by atoms with Gasteiger partial charge in [-0.1, -0.05) is 46.3 Å². The lowest BCUT2D eigenvalue weighted by Crippen LogP contribution is -2.60. The Hall–Kier alpha value is -1.88. The normalized spacial score (nSPS) is 32.0. The predicted molar refractivity (Wildman–Crippen MR) is 167 cm³/mol. The summed E-state index contributed by atoms with van der Waals surface area (Å²) in [6.45, 7) is 21.5. The third kappa shape index (κ3) is 5.81. The van der Waals surface area contributed by atoms with Gasteiger partial charge in [0, 0.05) is 51.1 Å². The van der Waals surface area contributed by atoms with Crippen LogP contribution in [0.1, 0.15) is 47.0 Å². The van der Waals surface area contributed by atoms with Gasteiger partial charge < -0.3 is 24.5 Å². The van der Waals surface area contributed by atoms with Gasteiger partial charge in [-0.2, -0.15) is 0 Å². The summed E-state index contributed by atoms with van der Waals surface area (Å²) in [6, 6.07) is -1.24. The Morgan fingerprint density at radius 3 is 2.36 bits per heavy atom. The zero-order chi connectivity index (χ0) is 30.6. The summed E-state index contributed by atoms with van der Waals surface area (Å²) in [5.41, 5.74) is 0. The molecule has 4 saturated heterocycles. The highest BCUT2D eigenvalue weighted by atomic mass is 32.2. The molecule has 8 atom stereocenters. The highest BCUT2D eigenvalue weighted by molar-refractivity contribution is 8.02. The third-order valence-electron chi connectivity index (χ3n) is 10.2. The fourth-order valence-corrected chi connectivity index (χ4v) is 10.2. The number of aliphatic hydroxyl groups excluding tert-OH is 1. The fourth-order valence-electron chi connectivity index (χ4n) is 7.83. The van der Waals surface area contributed by atoms with E-state index >= 15 is 0 Å². The van der Waals surface area contributed by atoms with E-state index in [9.17, 15) is 19.5 Å². The summed E-state index contributed by atoms with van der Waals surface area (Å²) in [5.74, 6) is -1.25. The largest absolute Gasteiger partial charge is 0.394 e. The number of nitrogens with zero attached hydrogens (tertiary/aromatic N) is 4. The molecule has 1 spiro atoms. The van der Waals surface area contributed by atoms with Gasteiger partial charge in [-0.25, -0.2) is 0 Å². The molecule has 3 amide bonds. The molecule has 4 rings (SSSR count). The molecule has 0 saturated carbocycles. The Kier molecular flexibility index (Phi) is 11.2. The first-order valence-electron chi connectivity index (χ1n) is 15.9. The minimum atomic E-state index is -0.743. The number of ether oxygens (including phenoxy) is 1. The van der Waals surface area contributed by atoms with Crippen LogP contribution in [-0.4, -0.2) is 130 Å². The van der Waals surface area contributed by atoms with E-state index < -0.39 is 28.7 Å².